The van der Waals surface area contributed by atoms with Crippen LogP contribution in [0.15, 0.2) is 48.8 Å². The fourth-order valence-electron chi connectivity index (χ4n) is 3.33. The minimum absolute atomic E-state index is 0.0266. The highest BCUT2D eigenvalue weighted by molar-refractivity contribution is 6.30. The highest BCUT2D eigenvalue weighted by Gasteiger charge is 2.23. The molecule has 28 heavy (non-hydrogen) atoms. The van der Waals surface area contributed by atoms with Crippen LogP contribution in [0.4, 0.5) is 0 Å². The first-order valence-electron chi connectivity index (χ1n) is 9.04. The molecule has 4 rings (SSSR count). The summed E-state index contributed by atoms with van der Waals surface area (Å²) in [5.74, 6) is 0.0266. The van der Waals surface area contributed by atoms with Gasteiger partial charge in [-0.25, -0.2) is 4.98 Å². The van der Waals surface area contributed by atoms with E-state index in [2.05, 4.69) is 15.3 Å². The van der Waals surface area contributed by atoms with Crippen LogP contribution in [-0.2, 0) is 11.3 Å². The van der Waals surface area contributed by atoms with Gasteiger partial charge >= 0.3 is 0 Å². The van der Waals surface area contributed by atoms with E-state index in [1.54, 1.807) is 17.0 Å². The van der Waals surface area contributed by atoms with E-state index in [0.29, 0.717) is 23.8 Å². The van der Waals surface area contributed by atoms with Crippen LogP contribution in [0.1, 0.15) is 0 Å². The molecule has 3 aromatic rings. The number of pyridine rings is 1. The zero-order valence-corrected chi connectivity index (χ0v) is 16.6. The molecular formula is C20H19Cl2N5O. The Morgan fingerprint density at radius 2 is 1.68 bits per heavy atom. The van der Waals surface area contributed by atoms with Gasteiger partial charge in [0.15, 0.2) is 0 Å². The van der Waals surface area contributed by atoms with E-state index in [4.69, 9.17) is 23.2 Å². The Bertz CT molecular complexity index is 966. The molecule has 0 bridgehead atoms. The van der Waals surface area contributed by atoms with Gasteiger partial charge in [-0.2, -0.15) is 0 Å². The minimum atomic E-state index is 0.0266. The summed E-state index contributed by atoms with van der Waals surface area (Å²) in [6, 6.07) is 11.2. The lowest BCUT2D eigenvalue weighted by Gasteiger charge is -2.28. The highest BCUT2D eigenvalue weighted by atomic mass is 35.5. The number of carbonyl (C=O) groups is 1. The van der Waals surface area contributed by atoms with Crippen molar-refractivity contribution >= 4 is 29.1 Å². The van der Waals surface area contributed by atoms with Crippen molar-refractivity contribution in [1.29, 1.82) is 0 Å². The van der Waals surface area contributed by atoms with Gasteiger partial charge in [0.25, 0.3) is 0 Å². The SMILES string of the molecule is O=C(Cn1c(Cl)nc(-c2ccc(Cl)cc2)c1-c1ccncc1)N1CCNCC1. The van der Waals surface area contributed by atoms with Gasteiger partial charge in [0, 0.05) is 54.7 Å². The first-order chi connectivity index (χ1) is 13.6. The maximum absolute atomic E-state index is 12.9. The van der Waals surface area contributed by atoms with Crippen molar-refractivity contribution in [2.24, 2.45) is 0 Å². The summed E-state index contributed by atoms with van der Waals surface area (Å²) in [4.78, 5) is 23.4. The molecule has 1 aromatic carbocycles. The summed E-state index contributed by atoms with van der Waals surface area (Å²) in [5.41, 5.74) is 3.28. The molecule has 0 saturated carbocycles. The zero-order chi connectivity index (χ0) is 19.5. The molecule has 1 amide bonds. The van der Waals surface area contributed by atoms with E-state index < -0.39 is 0 Å². The fraction of sp³-hybridized carbons (Fsp3) is 0.250. The molecule has 1 aliphatic rings. The van der Waals surface area contributed by atoms with Gasteiger partial charge in [-0.3, -0.25) is 9.78 Å². The number of piperazine rings is 1. The van der Waals surface area contributed by atoms with E-state index in [0.717, 1.165) is 29.9 Å². The van der Waals surface area contributed by atoms with Crippen molar-refractivity contribution in [2.75, 3.05) is 26.2 Å². The molecule has 0 atom stereocenters. The van der Waals surface area contributed by atoms with Crippen molar-refractivity contribution < 1.29 is 4.79 Å². The van der Waals surface area contributed by atoms with Crippen molar-refractivity contribution in [1.82, 2.24) is 24.8 Å². The Morgan fingerprint density at radius 1 is 1.00 bits per heavy atom. The van der Waals surface area contributed by atoms with E-state index in [9.17, 15) is 4.79 Å². The largest absolute Gasteiger partial charge is 0.339 e. The number of amides is 1. The van der Waals surface area contributed by atoms with Crippen LogP contribution in [-0.4, -0.2) is 51.5 Å². The first-order valence-corrected chi connectivity index (χ1v) is 9.80. The van der Waals surface area contributed by atoms with Gasteiger partial charge < -0.3 is 14.8 Å². The number of carbonyl (C=O) groups excluding carboxylic acids is 1. The van der Waals surface area contributed by atoms with E-state index in [1.807, 2.05) is 41.3 Å². The Labute approximate surface area is 173 Å². The maximum Gasteiger partial charge on any atom is 0.242 e. The predicted octanol–water partition coefficient (Wildman–Crippen LogP) is 3.35. The molecule has 144 valence electrons. The fourth-order valence-corrected chi connectivity index (χ4v) is 3.69. The van der Waals surface area contributed by atoms with Gasteiger partial charge in [-0.05, 0) is 35.9 Å². The Kier molecular flexibility index (Phi) is 5.62. The number of rotatable bonds is 4. The summed E-state index contributed by atoms with van der Waals surface area (Å²) < 4.78 is 1.77. The third-order valence-corrected chi connectivity index (χ3v) is 5.30. The summed E-state index contributed by atoms with van der Waals surface area (Å²) in [6.45, 7) is 3.13. The highest BCUT2D eigenvalue weighted by Crippen LogP contribution is 2.34. The molecule has 0 radical (unpaired) electrons. The Morgan fingerprint density at radius 3 is 2.36 bits per heavy atom. The molecule has 2 aromatic heterocycles. The van der Waals surface area contributed by atoms with Gasteiger partial charge in [0.2, 0.25) is 11.2 Å². The van der Waals surface area contributed by atoms with Gasteiger partial charge in [0.05, 0.1) is 11.4 Å². The Balaban J connectivity index is 1.77. The average molecular weight is 416 g/mol. The summed E-state index contributed by atoms with van der Waals surface area (Å²) >= 11 is 12.5. The average Bonchev–Trinajstić information content (AvgIpc) is 3.06. The van der Waals surface area contributed by atoms with E-state index in [1.165, 1.54) is 0 Å². The lowest BCUT2D eigenvalue weighted by molar-refractivity contribution is -0.132. The van der Waals surface area contributed by atoms with Crippen molar-refractivity contribution in [2.45, 2.75) is 6.54 Å². The quantitative estimate of drug-likeness (QED) is 0.709. The van der Waals surface area contributed by atoms with Gasteiger partial charge in [-0.1, -0.05) is 23.7 Å². The Hall–Kier alpha value is -2.41. The number of halogens is 2. The third kappa shape index (κ3) is 3.90. The zero-order valence-electron chi connectivity index (χ0n) is 15.1. The molecule has 0 unspecified atom stereocenters. The second-order valence-corrected chi connectivity index (χ2v) is 7.31. The molecule has 1 saturated heterocycles. The number of hydrogen-bond donors (Lipinski definition) is 1. The van der Waals surface area contributed by atoms with Crippen LogP contribution < -0.4 is 5.32 Å². The molecule has 1 N–H and O–H groups in total. The molecular weight excluding hydrogens is 397 g/mol. The topological polar surface area (TPSA) is 63.1 Å². The number of nitrogens with one attached hydrogen (secondary N) is 1. The summed E-state index contributed by atoms with van der Waals surface area (Å²) in [5, 5.41) is 4.18. The number of benzene rings is 1. The number of nitrogens with zero attached hydrogens (tertiary/aromatic N) is 4. The molecule has 6 nitrogen and oxygen atoms in total. The second-order valence-electron chi connectivity index (χ2n) is 6.54. The van der Waals surface area contributed by atoms with E-state index in [-0.39, 0.29) is 17.7 Å². The molecule has 1 fully saturated rings. The van der Waals surface area contributed by atoms with Crippen LogP contribution in [0.25, 0.3) is 22.5 Å². The molecule has 0 aliphatic carbocycles. The van der Waals surface area contributed by atoms with Crippen molar-refractivity contribution in [3.8, 4) is 22.5 Å². The molecule has 0 spiro atoms. The molecule has 1 aliphatic heterocycles. The maximum atomic E-state index is 12.9. The third-order valence-electron chi connectivity index (χ3n) is 4.76. The van der Waals surface area contributed by atoms with Crippen LogP contribution in [0, 0.1) is 0 Å². The van der Waals surface area contributed by atoms with Crippen LogP contribution >= 0.6 is 23.2 Å². The van der Waals surface area contributed by atoms with E-state index >= 15 is 0 Å². The van der Waals surface area contributed by atoms with Crippen molar-refractivity contribution in [3.63, 3.8) is 0 Å². The summed E-state index contributed by atoms with van der Waals surface area (Å²) in [7, 11) is 0. The minimum Gasteiger partial charge on any atom is -0.339 e. The number of aromatic nitrogens is 3. The number of imidazole rings is 1. The van der Waals surface area contributed by atoms with Gasteiger partial charge in [0.1, 0.15) is 6.54 Å². The smallest absolute Gasteiger partial charge is 0.242 e. The van der Waals surface area contributed by atoms with Crippen LogP contribution in [0.5, 0.6) is 0 Å². The summed E-state index contributed by atoms with van der Waals surface area (Å²) in [6.07, 6.45) is 3.43. The van der Waals surface area contributed by atoms with Crippen molar-refractivity contribution in [3.05, 3.63) is 59.1 Å². The van der Waals surface area contributed by atoms with Crippen LogP contribution in [0.3, 0.4) is 0 Å². The lowest BCUT2D eigenvalue weighted by Crippen LogP contribution is -2.47. The second kappa shape index (κ2) is 8.31. The molecule has 3 heterocycles. The van der Waals surface area contributed by atoms with Crippen LogP contribution in [0.2, 0.25) is 10.3 Å². The first kappa shape index (κ1) is 18.9. The monoisotopic (exact) mass is 415 g/mol. The normalized spacial score (nSPS) is 14.3. The van der Waals surface area contributed by atoms with Gasteiger partial charge in [-0.15, -0.1) is 0 Å². The number of hydrogen-bond acceptors (Lipinski definition) is 4. The predicted molar refractivity (Wildman–Crippen MR) is 110 cm³/mol. The molecule has 8 heteroatoms. The standard InChI is InChI=1S/C20H19Cl2N5O/c21-16-3-1-14(2-4-16)18-19(15-5-7-23-8-6-15)27(20(22)25-18)13-17(28)26-11-9-24-10-12-26/h1-8,24H,9-13H2. The lowest BCUT2D eigenvalue weighted by atomic mass is 10.1.